The molecule has 1 fully saturated rings. The lowest BCUT2D eigenvalue weighted by atomic mass is 10.1. The standard InChI is InChI=1S/C12H10N2O5/c15-9-6-14(10(16)5-13-9)8-4-2-1-3-7(8)11(17)12(18)19/h1-4H,5-6H2,(H,13,15)(H,18,19). The molecule has 1 saturated heterocycles. The Morgan fingerprint density at radius 2 is 1.89 bits per heavy atom. The van der Waals surface area contributed by atoms with E-state index in [1.807, 2.05) is 0 Å². The van der Waals surface area contributed by atoms with Crippen LogP contribution >= 0.6 is 0 Å². The Hall–Kier alpha value is -2.70. The Kier molecular flexibility index (Phi) is 3.28. The summed E-state index contributed by atoms with van der Waals surface area (Å²) in [6.07, 6.45) is 0. The van der Waals surface area contributed by atoms with Crippen molar-refractivity contribution in [1.82, 2.24) is 5.32 Å². The van der Waals surface area contributed by atoms with Gasteiger partial charge in [0, 0.05) is 0 Å². The molecule has 7 nitrogen and oxygen atoms in total. The maximum absolute atomic E-state index is 11.7. The van der Waals surface area contributed by atoms with E-state index in [1.54, 1.807) is 6.07 Å². The van der Waals surface area contributed by atoms with E-state index < -0.39 is 17.7 Å². The molecule has 1 aromatic rings. The van der Waals surface area contributed by atoms with Crippen molar-refractivity contribution in [1.29, 1.82) is 0 Å². The molecule has 2 rings (SSSR count). The van der Waals surface area contributed by atoms with Crippen molar-refractivity contribution in [3.8, 4) is 0 Å². The summed E-state index contributed by atoms with van der Waals surface area (Å²) in [6, 6.07) is 5.81. The average molecular weight is 262 g/mol. The largest absolute Gasteiger partial charge is 0.475 e. The second-order valence-electron chi connectivity index (χ2n) is 3.91. The zero-order chi connectivity index (χ0) is 14.0. The number of carboxylic acid groups (broad SMARTS) is 1. The van der Waals surface area contributed by atoms with Crippen LogP contribution < -0.4 is 10.2 Å². The number of carboxylic acids is 1. The van der Waals surface area contributed by atoms with Crippen molar-refractivity contribution in [2.45, 2.75) is 0 Å². The van der Waals surface area contributed by atoms with Crippen LogP contribution in [0.2, 0.25) is 0 Å². The van der Waals surface area contributed by atoms with Gasteiger partial charge in [-0.25, -0.2) is 4.79 Å². The van der Waals surface area contributed by atoms with Crippen molar-refractivity contribution in [3.05, 3.63) is 29.8 Å². The molecule has 98 valence electrons. The summed E-state index contributed by atoms with van der Waals surface area (Å²) in [7, 11) is 0. The number of hydrogen-bond acceptors (Lipinski definition) is 4. The van der Waals surface area contributed by atoms with Crippen LogP contribution in [0.1, 0.15) is 10.4 Å². The molecule has 0 aromatic heterocycles. The van der Waals surface area contributed by atoms with Crippen molar-refractivity contribution in [2.24, 2.45) is 0 Å². The fourth-order valence-electron chi connectivity index (χ4n) is 1.79. The van der Waals surface area contributed by atoms with Crippen molar-refractivity contribution in [2.75, 3.05) is 18.0 Å². The minimum atomic E-state index is -1.61. The van der Waals surface area contributed by atoms with Gasteiger partial charge in [-0.1, -0.05) is 12.1 Å². The lowest BCUT2D eigenvalue weighted by Crippen LogP contribution is -2.52. The van der Waals surface area contributed by atoms with E-state index in [9.17, 15) is 19.2 Å². The summed E-state index contributed by atoms with van der Waals surface area (Å²) < 4.78 is 0. The molecule has 0 saturated carbocycles. The zero-order valence-electron chi connectivity index (χ0n) is 9.75. The van der Waals surface area contributed by atoms with Crippen molar-refractivity contribution >= 4 is 29.3 Å². The molecule has 2 N–H and O–H groups in total. The highest BCUT2D eigenvalue weighted by Crippen LogP contribution is 2.22. The van der Waals surface area contributed by atoms with Crippen LogP contribution in [0.4, 0.5) is 5.69 Å². The second kappa shape index (κ2) is 4.89. The van der Waals surface area contributed by atoms with Gasteiger partial charge in [-0.05, 0) is 12.1 Å². The number of nitrogens with zero attached hydrogens (tertiary/aromatic N) is 1. The number of anilines is 1. The number of piperazine rings is 1. The molecule has 0 aliphatic carbocycles. The van der Waals surface area contributed by atoms with E-state index in [1.165, 1.54) is 18.2 Å². The topological polar surface area (TPSA) is 104 Å². The maximum atomic E-state index is 11.7. The first-order chi connectivity index (χ1) is 9.00. The zero-order valence-corrected chi connectivity index (χ0v) is 9.75. The summed E-state index contributed by atoms with van der Waals surface area (Å²) in [5.74, 6) is -3.49. The molecule has 1 aromatic carbocycles. The highest BCUT2D eigenvalue weighted by Gasteiger charge is 2.28. The normalized spacial score (nSPS) is 15.1. The summed E-state index contributed by atoms with van der Waals surface area (Å²) in [5, 5.41) is 11.1. The van der Waals surface area contributed by atoms with Gasteiger partial charge in [-0.3, -0.25) is 14.4 Å². The number of para-hydroxylation sites is 1. The van der Waals surface area contributed by atoms with E-state index in [0.29, 0.717) is 0 Å². The summed E-state index contributed by atoms with van der Waals surface area (Å²) >= 11 is 0. The van der Waals surface area contributed by atoms with Gasteiger partial charge in [0.2, 0.25) is 11.8 Å². The third-order valence-corrected chi connectivity index (χ3v) is 2.67. The fourth-order valence-corrected chi connectivity index (χ4v) is 1.79. The summed E-state index contributed by atoms with van der Waals surface area (Å²) in [5.41, 5.74) is 0.0211. The number of nitrogens with one attached hydrogen (secondary N) is 1. The Labute approximate surface area is 107 Å². The van der Waals surface area contributed by atoms with Gasteiger partial charge in [0.05, 0.1) is 17.8 Å². The van der Waals surface area contributed by atoms with Gasteiger partial charge < -0.3 is 15.3 Å². The van der Waals surface area contributed by atoms with Gasteiger partial charge >= 0.3 is 5.97 Å². The molecular formula is C12H10N2O5. The Balaban J connectivity index is 2.44. The third kappa shape index (κ3) is 2.44. The van der Waals surface area contributed by atoms with Crippen LogP contribution in [-0.4, -0.2) is 41.8 Å². The Bertz CT molecular complexity index is 581. The number of carbonyl (C=O) groups excluding carboxylic acids is 3. The predicted molar refractivity (Wildman–Crippen MR) is 63.8 cm³/mol. The molecule has 1 aliphatic heterocycles. The van der Waals surface area contributed by atoms with E-state index in [0.717, 1.165) is 4.90 Å². The number of aliphatic carboxylic acids is 1. The van der Waals surface area contributed by atoms with E-state index in [-0.39, 0.29) is 30.2 Å². The molecule has 0 radical (unpaired) electrons. The minimum Gasteiger partial charge on any atom is -0.475 e. The average Bonchev–Trinajstić information content (AvgIpc) is 2.40. The molecule has 0 atom stereocenters. The number of carbonyl (C=O) groups is 4. The first kappa shape index (κ1) is 12.7. The predicted octanol–water partition coefficient (Wildman–Crippen LogP) is -0.583. The molecule has 0 unspecified atom stereocenters. The highest BCUT2D eigenvalue weighted by atomic mass is 16.4. The Morgan fingerprint density at radius 1 is 1.21 bits per heavy atom. The lowest BCUT2D eigenvalue weighted by Gasteiger charge is -2.27. The molecule has 1 heterocycles. The number of rotatable bonds is 3. The molecule has 7 heteroatoms. The number of Topliss-reactive ketones (excluding diaryl/α,β-unsaturated/α-hetero) is 1. The van der Waals surface area contributed by atoms with Gasteiger partial charge in [0.25, 0.3) is 5.78 Å². The van der Waals surface area contributed by atoms with E-state index >= 15 is 0 Å². The van der Waals surface area contributed by atoms with Crippen LogP contribution in [0, 0.1) is 0 Å². The van der Waals surface area contributed by atoms with Crippen LogP contribution in [0.25, 0.3) is 0 Å². The monoisotopic (exact) mass is 262 g/mol. The van der Waals surface area contributed by atoms with E-state index in [2.05, 4.69) is 5.32 Å². The molecular weight excluding hydrogens is 252 g/mol. The lowest BCUT2D eigenvalue weighted by molar-refractivity contribution is -0.131. The smallest absolute Gasteiger partial charge is 0.377 e. The van der Waals surface area contributed by atoms with Gasteiger partial charge in [0.1, 0.15) is 6.54 Å². The third-order valence-electron chi connectivity index (χ3n) is 2.67. The SMILES string of the molecule is O=C1CN(c2ccccc2C(=O)C(=O)O)C(=O)CN1. The molecule has 19 heavy (non-hydrogen) atoms. The molecule has 0 bridgehead atoms. The van der Waals surface area contributed by atoms with Gasteiger partial charge in [-0.2, -0.15) is 0 Å². The van der Waals surface area contributed by atoms with Gasteiger partial charge in [-0.15, -0.1) is 0 Å². The van der Waals surface area contributed by atoms with E-state index in [4.69, 9.17) is 5.11 Å². The van der Waals surface area contributed by atoms with Crippen LogP contribution in [0.3, 0.4) is 0 Å². The summed E-state index contributed by atoms with van der Waals surface area (Å²) in [4.78, 5) is 46.5. The molecule has 1 aliphatic rings. The number of amides is 2. The van der Waals surface area contributed by atoms with Crippen LogP contribution in [-0.2, 0) is 14.4 Å². The minimum absolute atomic E-state index is 0.113. The van der Waals surface area contributed by atoms with Gasteiger partial charge in [0.15, 0.2) is 0 Å². The van der Waals surface area contributed by atoms with Crippen molar-refractivity contribution in [3.63, 3.8) is 0 Å². The number of hydrogen-bond donors (Lipinski definition) is 2. The van der Waals surface area contributed by atoms with Crippen LogP contribution in [0.5, 0.6) is 0 Å². The molecule has 2 amide bonds. The second-order valence-corrected chi connectivity index (χ2v) is 3.91. The highest BCUT2D eigenvalue weighted by molar-refractivity contribution is 6.41. The molecule has 0 spiro atoms. The fraction of sp³-hybridized carbons (Fsp3) is 0.167. The first-order valence-electron chi connectivity index (χ1n) is 5.44. The summed E-state index contributed by atoms with van der Waals surface area (Å²) in [6.45, 7) is -0.406. The number of ketones is 1. The van der Waals surface area contributed by atoms with Crippen molar-refractivity contribution < 1.29 is 24.3 Å². The quantitative estimate of drug-likeness (QED) is 0.560. The first-order valence-corrected chi connectivity index (χ1v) is 5.44. The number of benzene rings is 1. The maximum Gasteiger partial charge on any atom is 0.377 e. The Morgan fingerprint density at radius 3 is 2.58 bits per heavy atom. The van der Waals surface area contributed by atoms with Crippen LogP contribution in [0.15, 0.2) is 24.3 Å².